The van der Waals surface area contributed by atoms with Crippen LogP contribution in [0.15, 0.2) is 24.3 Å². The van der Waals surface area contributed by atoms with E-state index >= 15 is 0 Å². The Morgan fingerprint density at radius 1 is 1.26 bits per heavy atom. The topological polar surface area (TPSA) is 41.3 Å². The summed E-state index contributed by atoms with van der Waals surface area (Å²) in [4.78, 5) is 2.48. The van der Waals surface area contributed by atoms with Crippen molar-refractivity contribution in [2.75, 3.05) is 38.0 Å². The van der Waals surface area contributed by atoms with Crippen LogP contribution < -0.4 is 11.1 Å². The summed E-state index contributed by atoms with van der Waals surface area (Å²) >= 11 is 0. The predicted molar refractivity (Wildman–Crippen MR) is 82.5 cm³/mol. The average Bonchev–Trinajstić information content (AvgIpc) is 2.47. The van der Waals surface area contributed by atoms with Gasteiger partial charge in [0.2, 0.25) is 0 Å². The summed E-state index contributed by atoms with van der Waals surface area (Å²) in [5, 5.41) is 3.64. The van der Waals surface area contributed by atoms with Crippen LogP contribution in [0.3, 0.4) is 0 Å². The van der Waals surface area contributed by atoms with E-state index in [2.05, 4.69) is 41.4 Å². The van der Waals surface area contributed by atoms with Gasteiger partial charge < -0.3 is 16.0 Å². The number of rotatable bonds is 6. The van der Waals surface area contributed by atoms with Crippen LogP contribution in [0, 0.1) is 5.92 Å². The first kappa shape index (κ1) is 14.4. The maximum Gasteiger partial charge on any atom is 0.0372 e. The highest BCUT2D eigenvalue weighted by molar-refractivity contribution is 5.51. The van der Waals surface area contributed by atoms with Gasteiger partial charge in [0.15, 0.2) is 0 Å². The van der Waals surface area contributed by atoms with E-state index in [0.29, 0.717) is 0 Å². The molecule has 0 spiro atoms. The molecule has 2 rings (SSSR count). The maximum absolute atomic E-state index is 5.61. The molecule has 0 saturated carbocycles. The zero-order valence-electron chi connectivity index (χ0n) is 12.1. The Labute approximate surface area is 117 Å². The summed E-state index contributed by atoms with van der Waals surface area (Å²) in [5.74, 6) is 0.805. The van der Waals surface area contributed by atoms with Crippen LogP contribution in [0.5, 0.6) is 0 Å². The zero-order valence-corrected chi connectivity index (χ0v) is 12.1. The molecule has 1 saturated heterocycles. The molecule has 3 N–H and O–H groups in total. The number of piperidine rings is 1. The molecule has 0 bridgehead atoms. The van der Waals surface area contributed by atoms with Gasteiger partial charge in [-0.3, -0.25) is 0 Å². The lowest BCUT2D eigenvalue weighted by Crippen LogP contribution is -2.38. The Bertz CT molecular complexity index is 370. The molecule has 1 fully saturated rings. The number of nitrogens with zero attached hydrogens (tertiary/aromatic N) is 1. The Morgan fingerprint density at radius 2 is 2.00 bits per heavy atom. The van der Waals surface area contributed by atoms with E-state index in [1.807, 2.05) is 0 Å². The number of likely N-dealkylation sites (tertiary alicyclic amines) is 1. The zero-order chi connectivity index (χ0) is 13.5. The third kappa shape index (κ3) is 4.22. The van der Waals surface area contributed by atoms with Gasteiger partial charge in [0.25, 0.3) is 0 Å². The van der Waals surface area contributed by atoms with E-state index in [4.69, 9.17) is 5.73 Å². The SMILES string of the molecule is CCc1ccccc1NCC1CCN(CCN)CC1. The van der Waals surface area contributed by atoms with Gasteiger partial charge in [-0.25, -0.2) is 0 Å². The van der Waals surface area contributed by atoms with Gasteiger partial charge in [0.05, 0.1) is 0 Å². The number of nitrogens with two attached hydrogens (primary N) is 1. The van der Waals surface area contributed by atoms with E-state index in [1.165, 1.54) is 37.2 Å². The minimum Gasteiger partial charge on any atom is -0.385 e. The van der Waals surface area contributed by atoms with Crippen LogP contribution >= 0.6 is 0 Å². The fourth-order valence-electron chi connectivity index (χ4n) is 2.85. The quantitative estimate of drug-likeness (QED) is 0.826. The minimum absolute atomic E-state index is 0.785. The van der Waals surface area contributed by atoms with Crippen molar-refractivity contribution in [1.29, 1.82) is 0 Å². The van der Waals surface area contributed by atoms with Crippen LogP contribution in [-0.2, 0) is 6.42 Å². The molecule has 106 valence electrons. The fraction of sp³-hybridized carbons (Fsp3) is 0.625. The number of hydrogen-bond acceptors (Lipinski definition) is 3. The first-order valence-electron chi connectivity index (χ1n) is 7.57. The van der Waals surface area contributed by atoms with Crippen molar-refractivity contribution in [1.82, 2.24) is 4.90 Å². The minimum atomic E-state index is 0.785. The molecular formula is C16H27N3. The molecule has 1 aliphatic heterocycles. The number of hydrogen-bond donors (Lipinski definition) is 2. The van der Waals surface area contributed by atoms with Crippen molar-refractivity contribution in [3.8, 4) is 0 Å². The molecule has 3 heteroatoms. The lowest BCUT2D eigenvalue weighted by Gasteiger charge is -2.32. The highest BCUT2D eigenvalue weighted by Gasteiger charge is 2.18. The molecule has 0 unspecified atom stereocenters. The van der Waals surface area contributed by atoms with Crippen LogP contribution in [0.4, 0.5) is 5.69 Å². The molecule has 0 atom stereocenters. The molecule has 0 radical (unpaired) electrons. The van der Waals surface area contributed by atoms with Gasteiger partial charge in [0, 0.05) is 25.3 Å². The van der Waals surface area contributed by atoms with Gasteiger partial charge >= 0.3 is 0 Å². The molecule has 19 heavy (non-hydrogen) atoms. The Hall–Kier alpha value is -1.06. The monoisotopic (exact) mass is 261 g/mol. The normalized spacial score (nSPS) is 17.6. The second-order valence-corrected chi connectivity index (χ2v) is 5.47. The lowest BCUT2D eigenvalue weighted by atomic mass is 9.96. The molecular weight excluding hydrogens is 234 g/mol. The smallest absolute Gasteiger partial charge is 0.0372 e. The van der Waals surface area contributed by atoms with E-state index in [9.17, 15) is 0 Å². The molecule has 1 aromatic rings. The van der Waals surface area contributed by atoms with Crippen molar-refractivity contribution in [2.45, 2.75) is 26.2 Å². The highest BCUT2D eigenvalue weighted by Crippen LogP contribution is 2.20. The Morgan fingerprint density at radius 3 is 2.68 bits per heavy atom. The first-order valence-corrected chi connectivity index (χ1v) is 7.57. The van der Waals surface area contributed by atoms with Crippen molar-refractivity contribution in [2.24, 2.45) is 11.7 Å². The number of aryl methyl sites for hydroxylation is 1. The summed E-state index contributed by atoms with van der Waals surface area (Å²) in [5.41, 5.74) is 8.34. The van der Waals surface area contributed by atoms with Crippen LogP contribution in [0.25, 0.3) is 0 Å². The molecule has 3 nitrogen and oxygen atoms in total. The summed E-state index contributed by atoms with van der Waals surface area (Å²) in [6.45, 7) is 7.57. The Balaban J connectivity index is 1.77. The average molecular weight is 261 g/mol. The van der Waals surface area contributed by atoms with Gasteiger partial charge in [0.1, 0.15) is 0 Å². The number of benzene rings is 1. The summed E-state index contributed by atoms with van der Waals surface area (Å²) < 4.78 is 0. The second kappa shape index (κ2) is 7.51. The first-order chi connectivity index (χ1) is 9.33. The lowest BCUT2D eigenvalue weighted by molar-refractivity contribution is 0.194. The fourth-order valence-corrected chi connectivity index (χ4v) is 2.85. The van der Waals surface area contributed by atoms with Gasteiger partial charge in [-0.15, -0.1) is 0 Å². The highest BCUT2D eigenvalue weighted by atomic mass is 15.1. The van der Waals surface area contributed by atoms with E-state index in [1.54, 1.807) is 0 Å². The van der Waals surface area contributed by atoms with Crippen molar-refractivity contribution < 1.29 is 0 Å². The largest absolute Gasteiger partial charge is 0.385 e. The predicted octanol–water partition coefficient (Wildman–Crippen LogP) is 2.33. The van der Waals surface area contributed by atoms with E-state index in [-0.39, 0.29) is 0 Å². The van der Waals surface area contributed by atoms with E-state index < -0.39 is 0 Å². The number of nitrogens with one attached hydrogen (secondary N) is 1. The van der Waals surface area contributed by atoms with Crippen LogP contribution in [-0.4, -0.2) is 37.6 Å². The molecule has 1 heterocycles. The van der Waals surface area contributed by atoms with Gasteiger partial charge in [-0.05, 0) is 49.9 Å². The van der Waals surface area contributed by atoms with Crippen LogP contribution in [0.2, 0.25) is 0 Å². The summed E-state index contributed by atoms with van der Waals surface area (Å²) in [7, 11) is 0. The van der Waals surface area contributed by atoms with Crippen molar-refractivity contribution in [3.63, 3.8) is 0 Å². The Kier molecular flexibility index (Phi) is 5.67. The maximum atomic E-state index is 5.61. The van der Waals surface area contributed by atoms with Gasteiger partial charge in [-0.2, -0.15) is 0 Å². The molecule has 1 aliphatic rings. The number of anilines is 1. The van der Waals surface area contributed by atoms with E-state index in [0.717, 1.165) is 32.0 Å². The summed E-state index contributed by atoms with van der Waals surface area (Å²) in [6.07, 6.45) is 3.68. The molecule has 0 aromatic heterocycles. The molecule has 1 aromatic carbocycles. The molecule has 0 aliphatic carbocycles. The molecule has 0 amide bonds. The van der Waals surface area contributed by atoms with Crippen LogP contribution in [0.1, 0.15) is 25.3 Å². The third-order valence-electron chi connectivity index (χ3n) is 4.13. The van der Waals surface area contributed by atoms with Crippen molar-refractivity contribution >= 4 is 5.69 Å². The number of para-hydroxylation sites is 1. The standard InChI is InChI=1S/C16H27N3/c1-2-15-5-3-4-6-16(15)18-13-14-7-10-19(11-8-14)12-9-17/h3-6,14,18H,2,7-13,17H2,1H3. The third-order valence-corrected chi connectivity index (χ3v) is 4.13. The second-order valence-electron chi connectivity index (χ2n) is 5.47. The van der Waals surface area contributed by atoms with Gasteiger partial charge in [-0.1, -0.05) is 25.1 Å². The summed E-state index contributed by atoms with van der Waals surface area (Å²) in [6, 6.07) is 8.65. The van der Waals surface area contributed by atoms with Crippen molar-refractivity contribution in [3.05, 3.63) is 29.8 Å².